The molecule has 0 fully saturated rings. The van der Waals surface area contributed by atoms with Crippen LogP contribution in [0.3, 0.4) is 0 Å². The van der Waals surface area contributed by atoms with Crippen LogP contribution in [-0.4, -0.2) is 21.6 Å². The maximum absolute atomic E-state index is 12.1. The first kappa shape index (κ1) is 16.2. The van der Waals surface area contributed by atoms with Crippen LogP contribution in [0.2, 0.25) is 5.15 Å². The molecule has 0 aliphatic carbocycles. The van der Waals surface area contributed by atoms with Crippen molar-refractivity contribution >= 4 is 45.5 Å². The number of hydrogen-bond donors (Lipinski definition) is 0. The van der Waals surface area contributed by atoms with Gasteiger partial charge < -0.3 is 0 Å². The van der Waals surface area contributed by atoms with E-state index in [9.17, 15) is 4.79 Å². The van der Waals surface area contributed by atoms with Crippen molar-refractivity contribution < 1.29 is 4.79 Å². The third kappa shape index (κ3) is 2.83. The number of halogens is 1. The number of aryl methyl sites for hydroxylation is 1. The molecule has 25 heavy (non-hydrogen) atoms. The van der Waals surface area contributed by atoms with E-state index in [4.69, 9.17) is 11.6 Å². The Labute approximate surface area is 154 Å². The first-order chi connectivity index (χ1) is 12.0. The standard InChI is InChI=1S/C19H16ClN3OS/c1-11-5-3-6-13-9-14(19(20)21-18(11)13)16-10-15(17-7-4-8-25-17)22-23(16)12(2)24/h3-9,16H,10H2,1-2H3/t16-/m0/s1. The number of pyridine rings is 1. The zero-order chi connectivity index (χ0) is 17.6. The second-order valence-electron chi connectivity index (χ2n) is 6.12. The molecule has 0 spiro atoms. The molecule has 2 aromatic heterocycles. The minimum Gasteiger partial charge on any atom is -0.273 e. The molecule has 1 atom stereocenters. The summed E-state index contributed by atoms with van der Waals surface area (Å²) in [6.45, 7) is 3.54. The number of rotatable bonds is 2. The van der Waals surface area contributed by atoms with E-state index in [1.54, 1.807) is 11.3 Å². The number of nitrogens with zero attached hydrogens (tertiary/aromatic N) is 3. The summed E-state index contributed by atoms with van der Waals surface area (Å²) in [6.07, 6.45) is 0.638. The Hall–Kier alpha value is -2.24. The van der Waals surface area contributed by atoms with Gasteiger partial charge in [0.25, 0.3) is 0 Å². The highest BCUT2D eigenvalue weighted by Crippen LogP contribution is 2.38. The fraction of sp³-hybridized carbons (Fsp3) is 0.211. The monoisotopic (exact) mass is 369 g/mol. The lowest BCUT2D eigenvalue weighted by Gasteiger charge is -2.21. The molecule has 4 rings (SSSR count). The Bertz CT molecular complexity index is 997. The lowest BCUT2D eigenvalue weighted by Crippen LogP contribution is -2.24. The van der Waals surface area contributed by atoms with Gasteiger partial charge in [-0.15, -0.1) is 11.3 Å². The molecule has 0 bridgehead atoms. The maximum atomic E-state index is 12.1. The number of carbonyl (C=O) groups excluding carboxylic acids is 1. The molecule has 1 aliphatic rings. The van der Waals surface area contributed by atoms with Gasteiger partial charge in [0, 0.05) is 24.3 Å². The molecule has 0 unspecified atom stereocenters. The van der Waals surface area contributed by atoms with Gasteiger partial charge in [0.2, 0.25) is 5.91 Å². The average Bonchev–Trinajstić information content (AvgIpc) is 3.24. The molecular formula is C19H16ClN3OS. The van der Waals surface area contributed by atoms with Crippen LogP contribution in [0.25, 0.3) is 10.9 Å². The number of hydrazone groups is 1. The van der Waals surface area contributed by atoms with E-state index >= 15 is 0 Å². The van der Waals surface area contributed by atoms with Crippen molar-refractivity contribution in [3.8, 4) is 0 Å². The van der Waals surface area contributed by atoms with Gasteiger partial charge in [0.1, 0.15) is 5.15 Å². The molecule has 3 heterocycles. The molecule has 126 valence electrons. The lowest BCUT2D eigenvalue weighted by molar-refractivity contribution is -0.130. The highest BCUT2D eigenvalue weighted by Gasteiger charge is 2.33. The number of fused-ring (bicyclic) bond motifs is 1. The van der Waals surface area contributed by atoms with Crippen molar-refractivity contribution in [3.05, 3.63) is 62.9 Å². The quantitative estimate of drug-likeness (QED) is 0.599. The molecule has 1 aliphatic heterocycles. The number of carbonyl (C=O) groups is 1. The van der Waals surface area contributed by atoms with Gasteiger partial charge in [-0.25, -0.2) is 9.99 Å². The van der Waals surface area contributed by atoms with E-state index in [2.05, 4.69) is 10.1 Å². The van der Waals surface area contributed by atoms with E-state index in [0.717, 1.165) is 32.6 Å². The largest absolute Gasteiger partial charge is 0.273 e. The molecule has 6 heteroatoms. The molecule has 0 saturated heterocycles. The number of amides is 1. The summed E-state index contributed by atoms with van der Waals surface area (Å²) >= 11 is 8.12. The van der Waals surface area contributed by atoms with Crippen molar-refractivity contribution in [1.82, 2.24) is 9.99 Å². The molecular weight excluding hydrogens is 354 g/mol. The van der Waals surface area contributed by atoms with Crippen LogP contribution in [0.1, 0.15) is 35.4 Å². The van der Waals surface area contributed by atoms with Gasteiger partial charge in [-0.3, -0.25) is 4.79 Å². The fourth-order valence-corrected chi connectivity index (χ4v) is 4.19. The highest BCUT2D eigenvalue weighted by atomic mass is 35.5. The van der Waals surface area contributed by atoms with Crippen molar-refractivity contribution in [2.45, 2.75) is 26.3 Å². The minimum absolute atomic E-state index is 0.100. The molecule has 3 aromatic rings. The van der Waals surface area contributed by atoms with Crippen molar-refractivity contribution in [1.29, 1.82) is 0 Å². The summed E-state index contributed by atoms with van der Waals surface area (Å²) in [5, 5.41) is 9.54. The van der Waals surface area contributed by atoms with Gasteiger partial charge >= 0.3 is 0 Å². The van der Waals surface area contributed by atoms with E-state index in [1.165, 1.54) is 11.9 Å². The summed E-state index contributed by atoms with van der Waals surface area (Å²) in [5.74, 6) is -0.100. The van der Waals surface area contributed by atoms with Gasteiger partial charge in [0.15, 0.2) is 0 Å². The molecule has 0 saturated carbocycles. The van der Waals surface area contributed by atoms with Crippen LogP contribution in [0.4, 0.5) is 0 Å². The van der Waals surface area contributed by atoms with Gasteiger partial charge in [-0.1, -0.05) is 35.9 Å². The Kier molecular flexibility index (Phi) is 4.06. The normalized spacial score (nSPS) is 17.2. The second kappa shape index (κ2) is 6.24. The third-order valence-electron chi connectivity index (χ3n) is 4.43. The molecule has 1 amide bonds. The van der Waals surface area contributed by atoms with E-state index in [-0.39, 0.29) is 11.9 Å². The number of hydrogen-bond acceptors (Lipinski definition) is 4. The molecule has 0 N–H and O–H groups in total. The highest BCUT2D eigenvalue weighted by molar-refractivity contribution is 7.12. The average molecular weight is 370 g/mol. The first-order valence-electron chi connectivity index (χ1n) is 8.01. The van der Waals surface area contributed by atoms with Crippen LogP contribution < -0.4 is 0 Å². The van der Waals surface area contributed by atoms with Gasteiger partial charge in [-0.2, -0.15) is 5.10 Å². The number of thiophene rings is 1. The van der Waals surface area contributed by atoms with Crippen molar-refractivity contribution in [2.24, 2.45) is 5.10 Å². The number of para-hydroxylation sites is 1. The lowest BCUT2D eigenvalue weighted by atomic mass is 10.00. The fourth-order valence-electron chi connectivity index (χ4n) is 3.21. The summed E-state index contributed by atoms with van der Waals surface area (Å²) < 4.78 is 0. The third-order valence-corrected chi connectivity index (χ3v) is 5.65. The van der Waals surface area contributed by atoms with E-state index in [0.29, 0.717) is 11.6 Å². The number of benzene rings is 1. The van der Waals surface area contributed by atoms with Crippen LogP contribution in [0, 0.1) is 6.92 Å². The van der Waals surface area contributed by atoms with Crippen molar-refractivity contribution in [2.75, 3.05) is 0 Å². The Morgan fingerprint density at radius 2 is 2.16 bits per heavy atom. The second-order valence-corrected chi connectivity index (χ2v) is 7.43. The summed E-state index contributed by atoms with van der Waals surface area (Å²) in [7, 11) is 0. The predicted octanol–water partition coefficient (Wildman–Crippen LogP) is 4.96. The van der Waals surface area contributed by atoms with Crippen LogP contribution >= 0.6 is 22.9 Å². The Balaban J connectivity index is 1.80. The molecule has 1 aromatic carbocycles. The van der Waals surface area contributed by atoms with Gasteiger partial charge in [-0.05, 0) is 30.0 Å². The first-order valence-corrected chi connectivity index (χ1v) is 9.27. The van der Waals surface area contributed by atoms with Crippen molar-refractivity contribution in [3.63, 3.8) is 0 Å². The summed E-state index contributed by atoms with van der Waals surface area (Å²) in [4.78, 5) is 17.8. The van der Waals surface area contributed by atoms with Crippen LogP contribution in [0.5, 0.6) is 0 Å². The minimum atomic E-state index is -0.223. The zero-order valence-electron chi connectivity index (χ0n) is 13.9. The summed E-state index contributed by atoms with van der Waals surface area (Å²) in [5.41, 5.74) is 3.72. The molecule has 4 nitrogen and oxygen atoms in total. The topological polar surface area (TPSA) is 45.6 Å². The Morgan fingerprint density at radius 3 is 2.88 bits per heavy atom. The summed E-state index contributed by atoms with van der Waals surface area (Å²) in [6, 6.07) is 11.9. The molecule has 0 radical (unpaired) electrons. The SMILES string of the molecule is CC(=O)N1N=C(c2cccs2)C[C@H]1c1cc2cccc(C)c2nc1Cl. The van der Waals surface area contributed by atoms with E-state index in [1.807, 2.05) is 48.7 Å². The zero-order valence-corrected chi connectivity index (χ0v) is 15.4. The smallest absolute Gasteiger partial charge is 0.240 e. The van der Waals surface area contributed by atoms with Crippen LogP contribution in [-0.2, 0) is 4.79 Å². The number of aromatic nitrogens is 1. The van der Waals surface area contributed by atoms with Crippen LogP contribution in [0.15, 0.2) is 46.9 Å². The van der Waals surface area contributed by atoms with Gasteiger partial charge in [0.05, 0.1) is 22.1 Å². The maximum Gasteiger partial charge on any atom is 0.240 e. The van der Waals surface area contributed by atoms with E-state index < -0.39 is 0 Å². The Morgan fingerprint density at radius 1 is 1.32 bits per heavy atom. The predicted molar refractivity (Wildman–Crippen MR) is 102 cm³/mol.